The molecule has 24 heavy (non-hydrogen) atoms. The molecule has 0 aliphatic heterocycles. The minimum absolute atomic E-state index is 1.02. The predicted molar refractivity (Wildman–Crippen MR) is 99.8 cm³/mol. The highest BCUT2D eigenvalue weighted by Crippen LogP contribution is 2.46. The molecule has 0 fully saturated rings. The van der Waals surface area contributed by atoms with E-state index < -0.39 is 0 Å². The molecule has 0 N–H and O–H groups in total. The van der Waals surface area contributed by atoms with Crippen molar-refractivity contribution < 1.29 is 0 Å². The van der Waals surface area contributed by atoms with Crippen LogP contribution >= 0.6 is 0 Å². The van der Waals surface area contributed by atoms with Crippen molar-refractivity contribution in [2.45, 2.75) is 6.42 Å². The minimum atomic E-state index is 1.02. The van der Waals surface area contributed by atoms with Gasteiger partial charge < -0.3 is 4.40 Å². The summed E-state index contributed by atoms with van der Waals surface area (Å²) in [6.07, 6.45) is 1.02. The molecule has 0 spiro atoms. The fraction of sp³-hybridized carbons (Fsp3) is 0.0435. The Morgan fingerprint density at radius 2 is 1.58 bits per heavy atom. The Morgan fingerprint density at radius 1 is 0.750 bits per heavy atom. The fourth-order valence-electron chi connectivity index (χ4n) is 4.40. The maximum Gasteiger partial charge on any atom is 0.0611 e. The Labute approximate surface area is 140 Å². The lowest BCUT2D eigenvalue weighted by Crippen LogP contribution is -1.92. The van der Waals surface area contributed by atoms with Gasteiger partial charge in [-0.15, -0.1) is 0 Å². The van der Waals surface area contributed by atoms with E-state index in [9.17, 15) is 0 Å². The van der Waals surface area contributed by atoms with Gasteiger partial charge in [-0.25, -0.2) is 0 Å². The molecule has 0 amide bonds. The maximum absolute atomic E-state index is 2.50. The van der Waals surface area contributed by atoms with Crippen molar-refractivity contribution >= 4 is 16.3 Å². The molecule has 2 aromatic heterocycles. The molecule has 1 aliphatic rings. The van der Waals surface area contributed by atoms with E-state index >= 15 is 0 Å². The molecule has 0 saturated heterocycles. The SMILES string of the molecule is c1ccc(-c2cc3cccc4c5c(n2c34)Cc2ccccc2-5)cc1. The number of nitrogens with zero attached hydrogens (tertiary/aromatic N) is 1. The molecule has 0 radical (unpaired) electrons. The predicted octanol–water partition coefficient (Wildman–Crippen LogP) is 5.77. The van der Waals surface area contributed by atoms with Crippen LogP contribution in [0.15, 0.2) is 78.9 Å². The Balaban J connectivity index is 1.80. The molecule has 112 valence electrons. The Morgan fingerprint density at radius 3 is 2.50 bits per heavy atom. The highest BCUT2D eigenvalue weighted by molar-refractivity contribution is 6.10. The van der Waals surface area contributed by atoms with Gasteiger partial charge in [0.25, 0.3) is 0 Å². The molecule has 0 bridgehead atoms. The second-order valence-electron chi connectivity index (χ2n) is 6.63. The number of rotatable bonds is 1. The van der Waals surface area contributed by atoms with Crippen molar-refractivity contribution in [2.24, 2.45) is 0 Å². The van der Waals surface area contributed by atoms with Gasteiger partial charge in [0.05, 0.1) is 11.2 Å². The van der Waals surface area contributed by atoms with E-state index in [0.717, 1.165) is 6.42 Å². The van der Waals surface area contributed by atoms with Crippen LogP contribution in [-0.4, -0.2) is 4.40 Å². The molecule has 1 heteroatoms. The molecular weight excluding hydrogens is 290 g/mol. The van der Waals surface area contributed by atoms with E-state index in [1.165, 1.54) is 49.9 Å². The van der Waals surface area contributed by atoms with E-state index in [1.54, 1.807) is 0 Å². The number of hydrogen-bond acceptors (Lipinski definition) is 0. The summed E-state index contributed by atoms with van der Waals surface area (Å²) < 4.78 is 2.50. The number of hydrogen-bond donors (Lipinski definition) is 0. The van der Waals surface area contributed by atoms with E-state index in [1.807, 2.05) is 0 Å². The first-order valence-electron chi connectivity index (χ1n) is 8.44. The molecule has 0 saturated carbocycles. The fourth-order valence-corrected chi connectivity index (χ4v) is 4.40. The molecule has 3 aromatic carbocycles. The Bertz CT molecular complexity index is 1210. The summed E-state index contributed by atoms with van der Waals surface area (Å²) in [5.41, 5.74) is 9.67. The third kappa shape index (κ3) is 1.40. The first kappa shape index (κ1) is 12.4. The first-order chi connectivity index (χ1) is 11.9. The molecule has 6 rings (SSSR count). The normalized spacial score (nSPS) is 12.8. The standard InChI is InChI=1S/C23H15N/c1-2-7-15(8-3-1)20-14-17-10-6-12-19-22-18-11-5-4-9-16(18)13-21(22)24(20)23(17)19/h1-12,14H,13H2. The second-order valence-corrected chi connectivity index (χ2v) is 6.63. The van der Waals surface area contributed by atoms with Crippen molar-refractivity contribution in [2.75, 3.05) is 0 Å². The third-order valence-corrected chi connectivity index (χ3v) is 5.37. The highest BCUT2D eigenvalue weighted by Gasteiger charge is 2.27. The van der Waals surface area contributed by atoms with Crippen LogP contribution in [0.3, 0.4) is 0 Å². The van der Waals surface area contributed by atoms with Gasteiger partial charge in [0.1, 0.15) is 0 Å². The zero-order valence-corrected chi connectivity index (χ0v) is 13.2. The van der Waals surface area contributed by atoms with Gasteiger partial charge in [0.15, 0.2) is 0 Å². The van der Waals surface area contributed by atoms with Gasteiger partial charge in [0, 0.05) is 28.5 Å². The van der Waals surface area contributed by atoms with Crippen molar-refractivity contribution in [3.63, 3.8) is 0 Å². The summed E-state index contributed by atoms with van der Waals surface area (Å²) in [6.45, 7) is 0. The molecule has 1 nitrogen and oxygen atoms in total. The van der Waals surface area contributed by atoms with Crippen molar-refractivity contribution in [1.29, 1.82) is 0 Å². The lowest BCUT2D eigenvalue weighted by atomic mass is 10.0. The number of para-hydroxylation sites is 1. The van der Waals surface area contributed by atoms with Crippen LogP contribution in [0.4, 0.5) is 0 Å². The molecule has 0 unspecified atom stereocenters. The van der Waals surface area contributed by atoms with Crippen LogP contribution in [0.1, 0.15) is 11.3 Å². The number of benzene rings is 3. The minimum Gasteiger partial charge on any atom is -0.311 e. The van der Waals surface area contributed by atoms with E-state index in [-0.39, 0.29) is 0 Å². The smallest absolute Gasteiger partial charge is 0.0611 e. The van der Waals surface area contributed by atoms with Crippen LogP contribution in [0.2, 0.25) is 0 Å². The van der Waals surface area contributed by atoms with Crippen molar-refractivity contribution in [1.82, 2.24) is 4.40 Å². The zero-order valence-electron chi connectivity index (χ0n) is 13.2. The van der Waals surface area contributed by atoms with E-state index in [2.05, 4.69) is 83.3 Å². The third-order valence-electron chi connectivity index (χ3n) is 5.37. The van der Waals surface area contributed by atoms with Crippen LogP contribution in [0.25, 0.3) is 38.7 Å². The summed E-state index contributed by atoms with van der Waals surface area (Å²) >= 11 is 0. The largest absolute Gasteiger partial charge is 0.311 e. The average Bonchev–Trinajstić information content (AvgIpc) is 3.29. The molecular formula is C23H15N. The molecule has 1 aliphatic carbocycles. The summed E-state index contributed by atoms with van der Waals surface area (Å²) in [5.74, 6) is 0. The van der Waals surface area contributed by atoms with Crippen molar-refractivity contribution in [3.8, 4) is 22.4 Å². The van der Waals surface area contributed by atoms with Crippen LogP contribution in [0.5, 0.6) is 0 Å². The van der Waals surface area contributed by atoms with E-state index in [4.69, 9.17) is 0 Å². The monoisotopic (exact) mass is 305 g/mol. The molecule has 5 aromatic rings. The zero-order chi connectivity index (χ0) is 15.7. The lowest BCUT2D eigenvalue weighted by molar-refractivity contribution is 1.08. The van der Waals surface area contributed by atoms with E-state index in [0.29, 0.717) is 0 Å². The van der Waals surface area contributed by atoms with Gasteiger partial charge >= 0.3 is 0 Å². The second kappa shape index (κ2) is 4.27. The summed E-state index contributed by atoms with van der Waals surface area (Å²) in [4.78, 5) is 0. The van der Waals surface area contributed by atoms with Crippen molar-refractivity contribution in [3.05, 3.63) is 90.1 Å². The highest BCUT2D eigenvalue weighted by atomic mass is 14.9. The molecule has 2 heterocycles. The van der Waals surface area contributed by atoms with Gasteiger partial charge in [-0.3, -0.25) is 0 Å². The van der Waals surface area contributed by atoms with Gasteiger partial charge in [-0.2, -0.15) is 0 Å². The van der Waals surface area contributed by atoms with Gasteiger partial charge in [0.2, 0.25) is 0 Å². The van der Waals surface area contributed by atoms with Crippen LogP contribution in [-0.2, 0) is 6.42 Å². The topological polar surface area (TPSA) is 4.41 Å². The quantitative estimate of drug-likeness (QED) is 0.363. The van der Waals surface area contributed by atoms with Crippen LogP contribution in [0, 0.1) is 0 Å². The lowest BCUT2D eigenvalue weighted by Gasteiger charge is -2.04. The molecule has 0 atom stereocenters. The summed E-state index contributed by atoms with van der Waals surface area (Å²) in [6, 6.07) is 28.6. The van der Waals surface area contributed by atoms with Crippen LogP contribution < -0.4 is 0 Å². The summed E-state index contributed by atoms with van der Waals surface area (Å²) in [5, 5.41) is 2.72. The number of aromatic nitrogens is 1. The maximum atomic E-state index is 2.50. The first-order valence-corrected chi connectivity index (χ1v) is 8.44. The Kier molecular flexibility index (Phi) is 2.20. The average molecular weight is 305 g/mol. The Hall–Kier alpha value is -3.06. The number of fused-ring (bicyclic) bond motifs is 5. The van der Waals surface area contributed by atoms with Gasteiger partial charge in [-0.1, -0.05) is 72.8 Å². The van der Waals surface area contributed by atoms with Gasteiger partial charge in [-0.05, 0) is 22.8 Å². The summed E-state index contributed by atoms with van der Waals surface area (Å²) in [7, 11) is 0.